The molecule has 106 valence electrons. The highest BCUT2D eigenvalue weighted by Gasteiger charge is 2.20. The summed E-state index contributed by atoms with van der Waals surface area (Å²) in [6.07, 6.45) is 5.45. The second-order valence-electron chi connectivity index (χ2n) is 5.17. The monoisotopic (exact) mass is 282 g/mol. The molecule has 1 N–H and O–H groups in total. The van der Waals surface area contributed by atoms with E-state index in [4.69, 9.17) is 5.11 Å². The van der Waals surface area contributed by atoms with Crippen molar-refractivity contribution in [2.24, 2.45) is 0 Å². The number of aryl methyl sites for hydroxylation is 1. The summed E-state index contributed by atoms with van der Waals surface area (Å²) in [6.45, 7) is 6.40. The predicted octanol–water partition coefficient (Wildman–Crippen LogP) is 2.82. The Morgan fingerprint density at radius 1 is 1.53 bits per heavy atom. The molecule has 2 heterocycles. The average Bonchev–Trinajstić information content (AvgIpc) is 2.81. The molecule has 0 saturated carbocycles. The van der Waals surface area contributed by atoms with Crippen molar-refractivity contribution in [1.29, 1.82) is 0 Å². The standard InChI is InChI=1S/C14H22N2O2S/c1-3-11-13(14(17)18)19-12(15-11)7-9-16-8-5-4-6-10(16)2/h10H,3-9H2,1-2H3,(H,17,18). The zero-order valence-electron chi connectivity index (χ0n) is 11.7. The summed E-state index contributed by atoms with van der Waals surface area (Å²) in [5.41, 5.74) is 0.735. The number of carboxylic acid groups (broad SMARTS) is 1. The van der Waals surface area contributed by atoms with E-state index in [-0.39, 0.29) is 0 Å². The van der Waals surface area contributed by atoms with Crippen LogP contribution in [-0.4, -0.2) is 40.1 Å². The van der Waals surface area contributed by atoms with Crippen molar-refractivity contribution in [2.45, 2.75) is 52.0 Å². The summed E-state index contributed by atoms with van der Waals surface area (Å²) >= 11 is 1.34. The lowest BCUT2D eigenvalue weighted by Gasteiger charge is -2.32. The molecular formula is C14H22N2O2S. The van der Waals surface area contributed by atoms with E-state index in [2.05, 4.69) is 16.8 Å². The lowest BCUT2D eigenvalue weighted by atomic mass is 10.0. The number of nitrogens with zero attached hydrogens (tertiary/aromatic N) is 2. The largest absolute Gasteiger partial charge is 0.477 e. The summed E-state index contributed by atoms with van der Waals surface area (Å²) < 4.78 is 0. The fourth-order valence-electron chi connectivity index (χ4n) is 2.64. The normalized spacial score (nSPS) is 20.6. The van der Waals surface area contributed by atoms with Gasteiger partial charge in [0.1, 0.15) is 4.88 Å². The molecule has 1 aromatic heterocycles. The third kappa shape index (κ3) is 3.54. The van der Waals surface area contributed by atoms with Crippen LogP contribution in [0.2, 0.25) is 0 Å². The molecule has 0 aliphatic carbocycles. The number of thiazole rings is 1. The molecule has 4 nitrogen and oxygen atoms in total. The van der Waals surface area contributed by atoms with Crippen molar-refractivity contribution in [2.75, 3.05) is 13.1 Å². The lowest BCUT2D eigenvalue weighted by molar-refractivity contribution is 0.0701. The molecule has 0 spiro atoms. The first-order chi connectivity index (χ1) is 9.11. The topological polar surface area (TPSA) is 53.4 Å². The van der Waals surface area contributed by atoms with Crippen LogP contribution in [0.25, 0.3) is 0 Å². The van der Waals surface area contributed by atoms with Crippen LogP contribution in [0.1, 0.15) is 53.5 Å². The molecule has 0 bridgehead atoms. The minimum atomic E-state index is -0.841. The molecule has 1 saturated heterocycles. The summed E-state index contributed by atoms with van der Waals surface area (Å²) in [4.78, 5) is 18.5. The Balaban J connectivity index is 1.97. The second-order valence-corrected chi connectivity index (χ2v) is 6.26. The number of carboxylic acids is 1. The van der Waals surface area contributed by atoms with Crippen molar-refractivity contribution in [3.63, 3.8) is 0 Å². The van der Waals surface area contributed by atoms with Gasteiger partial charge in [0.25, 0.3) is 0 Å². The van der Waals surface area contributed by atoms with Gasteiger partial charge in [-0.05, 0) is 32.7 Å². The highest BCUT2D eigenvalue weighted by Crippen LogP contribution is 2.21. The molecule has 0 aromatic carbocycles. The van der Waals surface area contributed by atoms with Gasteiger partial charge in [0, 0.05) is 19.0 Å². The molecule has 5 heteroatoms. The number of aromatic carboxylic acids is 1. The van der Waals surface area contributed by atoms with E-state index in [9.17, 15) is 4.79 Å². The molecule has 0 radical (unpaired) electrons. The zero-order chi connectivity index (χ0) is 13.8. The van der Waals surface area contributed by atoms with Gasteiger partial charge < -0.3 is 10.0 Å². The van der Waals surface area contributed by atoms with Gasteiger partial charge in [-0.15, -0.1) is 11.3 Å². The van der Waals surface area contributed by atoms with Gasteiger partial charge in [0.2, 0.25) is 0 Å². The Hall–Kier alpha value is -0.940. The van der Waals surface area contributed by atoms with E-state index in [0.717, 1.165) is 23.7 Å². The van der Waals surface area contributed by atoms with Crippen molar-refractivity contribution < 1.29 is 9.90 Å². The second kappa shape index (κ2) is 6.48. The number of piperidine rings is 1. The first-order valence-corrected chi connectivity index (χ1v) is 7.89. The number of likely N-dealkylation sites (tertiary alicyclic amines) is 1. The summed E-state index contributed by atoms with van der Waals surface area (Å²) in [5, 5.41) is 10.1. The van der Waals surface area contributed by atoms with Crippen LogP contribution >= 0.6 is 11.3 Å². The van der Waals surface area contributed by atoms with Crippen molar-refractivity contribution in [1.82, 2.24) is 9.88 Å². The third-order valence-electron chi connectivity index (χ3n) is 3.82. The minimum Gasteiger partial charge on any atom is -0.477 e. The van der Waals surface area contributed by atoms with E-state index in [1.54, 1.807) is 0 Å². The third-order valence-corrected chi connectivity index (χ3v) is 4.97. The first-order valence-electron chi connectivity index (χ1n) is 7.07. The molecule has 1 aromatic rings. The summed E-state index contributed by atoms with van der Waals surface area (Å²) in [5.74, 6) is -0.841. The maximum Gasteiger partial charge on any atom is 0.347 e. The number of hydrogen-bond acceptors (Lipinski definition) is 4. The van der Waals surface area contributed by atoms with Gasteiger partial charge in [0.15, 0.2) is 0 Å². The van der Waals surface area contributed by atoms with Gasteiger partial charge >= 0.3 is 5.97 Å². The fourth-order valence-corrected chi connectivity index (χ4v) is 3.62. The van der Waals surface area contributed by atoms with Crippen LogP contribution in [0.15, 0.2) is 0 Å². The molecule has 19 heavy (non-hydrogen) atoms. The first kappa shape index (κ1) is 14.5. The Morgan fingerprint density at radius 3 is 2.89 bits per heavy atom. The fraction of sp³-hybridized carbons (Fsp3) is 0.714. The Kier molecular flexibility index (Phi) is 4.93. The smallest absolute Gasteiger partial charge is 0.347 e. The highest BCUT2D eigenvalue weighted by molar-refractivity contribution is 7.13. The van der Waals surface area contributed by atoms with Crippen LogP contribution in [0, 0.1) is 0 Å². The van der Waals surface area contributed by atoms with Crippen LogP contribution in [-0.2, 0) is 12.8 Å². The quantitative estimate of drug-likeness (QED) is 0.902. The molecular weight excluding hydrogens is 260 g/mol. The number of hydrogen-bond donors (Lipinski definition) is 1. The molecule has 2 rings (SSSR count). The number of aromatic nitrogens is 1. The average molecular weight is 282 g/mol. The maximum atomic E-state index is 11.1. The predicted molar refractivity (Wildman–Crippen MR) is 77.0 cm³/mol. The van der Waals surface area contributed by atoms with Crippen LogP contribution in [0.3, 0.4) is 0 Å². The van der Waals surface area contributed by atoms with E-state index in [1.165, 1.54) is 37.1 Å². The molecule has 1 unspecified atom stereocenters. The number of rotatable bonds is 5. The lowest BCUT2D eigenvalue weighted by Crippen LogP contribution is -2.38. The van der Waals surface area contributed by atoms with E-state index >= 15 is 0 Å². The van der Waals surface area contributed by atoms with Gasteiger partial charge in [-0.3, -0.25) is 0 Å². The van der Waals surface area contributed by atoms with Crippen molar-refractivity contribution in [3.8, 4) is 0 Å². The SMILES string of the molecule is CCc1nc(CCN2CCCCC2C)sc1C(=O)O. The molecule has 1 aliphatic heterocycles. The van der Waals surface area contributed by atoms with Crippen molar-refractivity contribution >= 4 is 17.3 Å². The molecule has 1 aliphatic rings. The zero-order valence-corrected chi connectivity index (χ0v) is 12.5. The number of carbonyl (C=O) groups is 1. The van der Waals surface area contributed by atoms with E-state index < -0.39 is 5.97 Å². The van der Waals surface area contributed by atoms with Gasteiger partial charge in [-0.2, -0.15) is 0 Å². The molecule has 0 amide bonds. The minimum absolute atomic E-state index is 0.421. The molecule has 1 atom stereocenters. The van der Waals surface area contributed by atoms with Crippen LogP contribution < -0.4 is 0 Å². The summed E-state index contributed by atoms with van der Waals surface area (Å²) in [7, 11) is 0. The van der Waals surface area contributed by atoms with Crippen LogP contribution in [0.5, 0.6) is 0 Å². The van der Waals surface area contributed by atoms with E-state index in [0.29, 0.717) is 17.3 Å². The van der Waals surface area contributed by atoms with Gasteiger partial charge in [-0.25, -0.2) is 9.78 Å². The van der Waals surface area contributed by atoms with Crippen LogP contribution in [0.4, 0.5) is 0 Å². The summed E-state index contributed by atoms with van der Waals surface area (Å²) in [6, 6.07) is 0.651. The maximum absolute atomic E-state index is 11.1. The highest BCUT2D eigenvalue weighted by atomic mass is 32.1. The van der Waals surface area contributed by atoms with E-state index in [1.807, 2.05) is 6.92 Å². The van der Waals surface area contributed by atoms with Gasteiger partial charge in [0.05, 0.1) is 10.7 Å². The van der Waals surface area contributed by atoms with Crippen molar-refractivity contribution in [3.05, 3.63) is 15.6 Å². The Bertz CT molecular complexity index is 445. The Labute approximate surface area is 118 Å². The van der Waals surface area contributed by atoms with Gasteiger partial charge in [-0.1, -0.05) is 13.3 Å². The Morgan fingerprint density at radius 2 is 2.32 bits per heavy atom. The molecule has 1 fully saturated rings.